The van der Waals surface area contributed by atoms with Gasteiger partial charge in [-0.3, -0.25) is 4.79 Å². The molecule has 19 nitrogen and oxygen atoms in total. The van der Waals surface area contributed by atoms with Crippen LogP contribution in [0.3, 0.4) is 0 Å². The number of allylic oxidation sites excluding steroid dienone is 5. The van der Waals surface area contributed by atoms with Gasteiger partial charge in [0.25, 0.3) is 0 Å². The van der Waals surface area contributed by atoms with Crippen molar-refractivity contribution >= 4 is 5.91 Å². The van der Waals surface area contributed by atoms with Crippen LogP contribution in [0.4, 0.5) is 0 Å². The standard InChI is InChI=1S/C74H137NO18/c1-3-5-7-9-11-13-15-17-19-21-23-24-25-26-27-28-29-30-31-32-33-34-35-37-39-41-43-45-47-49-51-58(79)57(75-62(80)52-50-48-46-44-42-40-38-36-22-20-18-16-14-12-10-8-6-4-2)56-88-72-68(86)65(83)70(60(54-77)90-72)93-74-69(87)66(84)71(61(55-78)91-74)92-73-67(85)64(82)63(81)59(53-76)89-73/h14,16,20,22,49,51,57-61,63-74,76-79,81-87H,3-13,15,17-19,21,23-48,50,52-56H2,1-2H3,(H,75,80)/b16-14-,22-20-,51-49+. The normalized spacial score (nSPS) is 27.7. The third kappa shape index (κ3) is 37.1. The Morgan fingerprint density at radius 3 is 1.11 bits per heavy atom. The molecule has 17 unspecified atom stereocenters. The number of nitrogens with one attached hydrogen (secondary N) is 1. The van der Waals surface area contributed by atoms with Crippen LogP contribution in [0.5, 0.6) is 0 Å². The molecule has 93 heavy (non-hydrogen) atoms. The van der Waals surface area contributed by atoms with Crippen LogP contribution in [0, 0.1) is 0 Å². The van der Waals surface area contributed by atoms with E-state index in [1.54, 1.807) is 6.08 Å². The summed E-state index contributed by atoms with van der Waals surface area (Å²) in [5.41, 5.74) is 0. The highest BCUT2D eigenvalue weighted by atomic mass is 16.8. The Balaban J connectivity index is 1.39. The first-order valence-electron chi connectivity index (χ1n) is 37.7. The minimum Gasteiger partial charge on any atom is -0.394 e. The molecule has 0 radical (unpaired) electrons. The van der Waals surface area contributed by atoms with E-state index in [1.807, 2.05) is 6.08 Å². The number of aliphatic hydroxyl groups excluding tert-OH is 11. The second-order valence-corrected chi connectivity index (χ2v) is 27.1. The Morgan fingerprint density at radius 2 is 0.710 bits per heavy atom. The van der Waals surface area contributed by atoms with Crippen molar-refractivity contribution in [3.05, 3.63) is 36.5 Å². The number of carbonyl (C=O) groups excluding carboxylic acids is 1. The lowest BCUT2D eigenvalue weighted by molar-refractivity contribution is -0.379. The molecule has 1 amide bonds. The zero-order valence-electron chi connectivity index (χ0n) is 58.0. The molecule has 0 bridgehead atoms. The van der Waals surface area contributed by atoms with Crippen LogP contribution in [-0.2, 0) is 33.2 Å². The second-order valence-electron chi connectivity index (χ2n) is 27.1. The molecule has 0 aliphatic carbocycles. The van der Waals surface area contributed by atoms with Crippen molar-refractivity contribution in [1.82, 2.24) is 5.32 Å². The maximum Gasteiger partial charge on any atom is 0.220 e. The Hall–Kier alpha value is -1.99. The first-order chi connectivity index (χ1) is 45.3. The van der Waals surface area contributed by atoms with Gasteiger partial charge in [-0.15, -0.1) is 0 Å². The van der Waals surface area contributed by atoms with E-state index in [0.29, 0.717) is 6.42 Å². The highest BCUT2D eigenvalue weighted by molar-refractivity contribution is 5.76. The molecule has 19 heteroatoms. The van der Waals surface area contributed by atoms with E-state index in [9.17, 15) is 61.0 Å². The first kappa shape index (κ1) is 85.2. The molecule has 0 aromatic heterocycles. The summed E-state index contributed by atoms with van der Waals surface area (Å²) in [5, 5.41) is 121. The van der Waals surface area contributed by atoms with Gasteiger partial charge >= 0.3 is 0 Å². The fourth-order valence-electron chi connectivity index (χ4n) is 12.8. The largest absolute Gasteiger partial charge is 0.394 e. The monoisotopic (exact) mass is 1330 g/mol. The van der Waals surface area contributed by atoms with Crippen LogP contribution < -0.4 is 5.32 Å². The number of amides is 1. The minimum atomic E-state index is -1.98. The summed E-state index contributed by atoms with van der Waals surface area (Å²) < 4.78 is 34.4. The number of rotatable bonds is 59. The van der Waals surface area contributed by atoms with E-state index in [0.717, 1.165) is 83.5 Å². The van der Waals surface area contributed by atoms with Crippen molar-refractivity contribution in [3.63, 3.8) is 0 Å². The molecule has 3 aliphatic rings. The van der Waals surface area contributed by atoms with Gasteiger partial charge in [0.15, 0.2) is 18.9 Å². The number of ether oxygens (including phenoxy) is 6. The van der Waals surface area contributed by atoms with Crippen molar-refractivity contribution in [1.29, 1.82) is 0 Å². The highest BCUT2D eigenvalue weighted by Crippen LogP contribution is 2.33. The first-order valence-corrected chi connectivity index (χ1v) is 37.7. The van der Waals surface area contributed by atoms with Crippen molar-refractivity contribution in [2.24, 2.45) is 0 Å². The van der Waals surface area contributed by atoms with Crippen molar-refractivity contribution in [3.8, 4) is 0 Å². The smallest absolute Gasteiger partial charge is 0.220 e. The van der Waals surface area contributed by atoms with Crippen LogP contribution >= 0.6 is 0 Å². The van der Waals surface area contributed by atoms with Crippen LogP contribution in [0.2, 0.25) is 0 Å². The fourth-order valence-corrected chi connectivity index (χ4v) is 12.8. The van der Waals surface area contributed by atoms with Crippen LogP contribution in [0.1, 0.15) is 296 Å². The summed E-state index contributed by atoms with van der Waals surface area (Å²) in [5.74, 6) is -0.281. The maximum atomic E-state index is 13.4. The van der Waals surface area contributed by atoms with E-state index >= 15 is 0 Å². The highest BCUT2D eigenvalue weighted by Gasteiger charge is 2.53. The van der Waals surface area contributed by atoms with Gasteiger partial charge in [-0.05, 0) is 51.4 Å². The zero-order valence-corrected chi connectivity index (χ0v) is 58.0. The van der Waals surface area contributed by atoms with Gasteiger partial charge in [-0.25, -0.2) is 0 Å². The van der Waals surface area contributed by atoms with Gasteiger partial charge in [0.2, 0.25) is 5.91 Å². The number of carbonyl (C=O) groups is 1. The van der Waals surface area contributed by atoms with E-state index < -0.39 is 124 Å². The third-order valence-electron chi connectivity index (χ3n) is 18.9. The summed E-state index contributed by atoms with van der Waals surface area (Å²) in [6, 6.07) is -0.978. The number of hydrogen-bond donors (Lipinski definition) is 12. The molecule has 546 valence electrons. The third-order valence-corrected chi connectivity index (χ3v) is 18.9. The lowest BCUT2D eigenvalue weighted by atomic mass is 9.96. The lowest BCUT2D eigenvalue weighted by Gasteiger charge is -2.48. The molecule has 3 fully saturated rings. The van der Waals surface area contributed by atoms with Gasteiger partial charge in [-0.1, -0.05) is 275 Å². The predicted octanol–water partition coefficient (Wildman–Crippen LogP) is 11.2. The van der Waals surface area contributed by atoms with E-state index in [-0.39, 0.29) is 18.9 Å². The van der Waals surface area contributed by atoms with Gasteiger partial charge in [0.1, 0.15) is 73.2 Å². The van der Waals surface area contributed by atoms with Gasteiger partial charge in [0.05, 0.1) is 38.6 Å². The molecule has 3 aliphatic heterocycles. The number of aliphatic hydroxyl groups is 11. The van der Waals surface area contributed by atoms with Gasteiger partial charge in [0, 0.05) is 6.42 Å². The Kier molecular flexibility index (Phi) is 51.2. The van der Waals surface area contributed by atoms with Crippen LogP contribution in [0.25, 0.3) is 0 Å². The molecule has 3 heterocycles. The molecular formula is C74H137NO18. The predicted molar refractivity (Wildman–Crippen MR) is 365 cm³/mol. The minimum absolute atomic E-state index is 0.235. The molecule has 0 spiro atoms. The SMILES string of the molecule is CCCCCC/C=C\C/C=C\CCCCCCCCCC(=O)NC(COC1OC(CO)C(OC2OC(CO)C(OC3OC(CO)C(O)C(O)C3O)C(O)C2O)C(O)C1O)C(O)/C=C/CCCCCCCCCCCCCCCCCCCCCCCCCCCCCC. The van der Waals surface area contributed by atoms with E-state index in [1.165, 1.54) is 186 Å². The summed E-state index contributed by atoms with van der Waals surface area (Å²) in [6.45, 7) is 1.74. The zero-order chi connectivity index (χ0) is 67.5. The molecule has 17 atom stereocenters. The molecule has 0 aromatic rings. The lowest BCUT2D eigenvalue weighted by Crippen LogP contribution is -2.66. The summed E-state index contributed by atoms with van der Waals surface area (Å²) in [7, 11) is 0. The van der Waals surface area contributed by atoms with Crippen LogP contribution in [0.15, 0.2) is 36.5 Å². The average molecular weight is 1330 g/mol. The quantitative estimate of drug-likeness (QED) is 0.0199. The molecule has 12 N–H and O–H groups in total. The summed E-state index contributed by atoms with van der Waals surface area (Å²) >= 11 is 0. The van der Waals surface area contributed by atoms with E-state index in [2.05, 4.69) is 43.5 Å². The molecule has 3 saturated heterocycles. The Bertz CT molecular complexity index is 1830. The van der Waals surface area contributed by atoms with E-state index in [4.69, 9.17) is 28.4 Å². The van der Waals surface area contributed by atoms with Crippen LogP contribution in [-0.4, -0.2) is 193 Å². The maximum absolute atomic E-state index is 13.4. The molecule has 0 saturated carbocycles. The molecule has 0 aromatic carbocycles. The molecule has 3 rings (SSSR count). The van der Waals surface area contributed by atoms with Gasteiger partial charge < -0.3 is 89.9 Å². The number of unbranched alkanes of at least 4 members (excludes halogenated alkanes) is 39. The summed E-state index contributed by atoms with van der Waals surface area (Å²) in [4.78, 5) is 13.4. The summed E-state index contributed by atoms with van der Waals surface area (Å²) in [6.07, 6.45) is 39.9. The fraction of sp³-hybridized carbons (Fsp3) is 0.905. The average Bonchev–Trinajstić information content (AvgIpc) is 0.996. The van der Waals surface area contributed by atoms with Crippen molar-refractivity contribution < 1.29 is 89.4 Å². The van der Waals surface area contributed by atoms with Gasteiger partial charge in [-0.2, -0.15) is 0 Å². The number of hydrogen-bond acceptors (Lipinski definition) is 18. The second kappa shape index (κ2) is 55.8. The Morgan fingerprint density at radius 1 is 0.387 bits per heavy atom. The Labute approximate surface area is 561 Å². The van der Waals surface area contributed by atoms with Crippen molar-refractivity contribution in [2.45, 2.75) is 401 Å². The van der Waals surface area contributed by atoms with Crippen molar-refractivity contribution in [2.75, 3.05) is 26.4 Å². The molecular weight excluding hydrogens is 1190 g/mol. The topological polar surface area (TPSA) is 307 Å².